The molecule has 0 saturated carbocycles. The van der Waals surface area contributed by atoms with Crippen LogP contribution in [0.2, 0.25) is 5.02 Å². The molecule has 0 spiro atoms. The summed E-state index contributed by atoms with van der Waals surface area (Å²) in [5.74, 6) is 0.600. The predicted octanol–water partition coefficient (Wildman–Crippen LogP) is 2.20. The van der Waals surface area contributed by atoms with Gasteiger partial charge in [-0.1, -0.05) is 23.7 Å². The molecular formula is C10H10ClN3. The maximum absolute atomic E-state index is 5.79. The number of amidine groups is 1. The molecule has 1 aliphatic heterocycles. The molecule has 0 aliphatic carbocycles. The molecule has 0 aromatic heterocycles. The highest BCUT2D eigenvalue weighted by Crippen LogP contribution is 2.14. The minimum Gasteiger partial charge on any atom is -0.386 e. The number of hydrogen-bond donors (Lipinski definition) is 1. The average Bonchev–Trinajstić information content (AvgIpc) is 2.21. The summed E-state index contributed by atoms with van der Waals surface area (Å²) < 4.78 is 0. The van der Waals surface area contributed by atoms with Crippen LogP contribution in [0, 0.1) is 0 Å². The lowest BCUT2D eigenvalue weighted by Gasteiger charge is -2.09. The molecule has 2 rings (SSSR count). The average molecular weight is 208 g/mol. The fourth-order valence-corrected chi connectivity index (χ4v) is 1.44. The van der Waals surface area contributed by atoms with Crippen molar-refractivity contribution >= 4 is 23.1 Å². The van der Waals surface area contributed by atoms with Gasteiger partial charge in [0.1, 0.15) is 5.84 Å². The highest BCUT2D eigenvalue weighted by atomic mass is 35.5. The van der Waals surface area contributed by atoms with Gasteiger partial charge in [0.25, 0.3) is 0 Å². The van der Waals surface area contributed by atoms with E-state index in [4.69, 9.17) is 17.3 Å². The second-order valence-electron chi connectivity index (χ2n) is 3.14. The molecule has 0 bridgehead atoms. The molecule has 72 valence electrons. The fourth-order valence-electron chi connectivity index (χ4n) is 1.32. The standard InChI is InChI=1S/C10H10ClN3/c11-8-3-1-7(2-4-8)9-5-6-10(12)14-13-9/h1-4H,5-6H2,(H2,12,14). The van der Waals surface area contributed by atoms with Crippen LogP contribution in [0.1, 0.15) is 18.4 Å². The number of nitrogens with zero attached hydrogens (tertiary/aromatic N) is 2. The molecule has 4 heteroatoms. The summed E-state index contributed by atoms with van der Waals surface area (Å²) in [5, 5.41) is 8.64. The smallest absolute Gasteiger partial charge is 0.122 e. The molecule has 1 aliphatic rings. The number of halogens is 1. The summed E-state index contributed by atoms with van der Waals surface area (Å²) in [6, 6.07) is 7.58. The van der Waals surface area contributed by atoms with Crippen LogP contribution in [0.5, 0.6) is 0 Å². The Balaban J connectivity index is 2.28. The van der Waals surface area contributed by atoms with Crippen molar-refractivity contribution in [3.63, 3.8) is 0 Å². The number of rotatable bonds is 1. The van der Waals surface area contributed by atoms with E-state index >= 15 is 0 Å². The highest BCUT2D eigenvalue weighted by molar-refractivity contribution is 6.30. The van der Waals surface area contributed by atoms with E-state index in [9.17, 15) is 0 Å². The van der Waals surface area contributed by atoms with Crippen molar-refractivity contribution in [2.45, 2.75) is 12.8 Å². The molecule has 0 fully saturated rings. The maximum atomic E-state index is 5.79. The van der Waals surface area contributed by atoms with Crippen molar-refractivity contribution in [2.24, 2.45) is 15.9 Å². The Kier molecular flexibility index (Phi) is 2.50. The molecule has 2 N–H and O–H groups in total. The van der Waals surface area contributed by atoms with Crippen LogP contribution in [0.15, 0.2) is 34.5 Å². The van der Waals surface area contributed by atoms with Gasteiger partial charge >= 0.3 is 0 Å². The van der Waals surface area contributed by atoms with Crippen molar-refractivity contribution < 1.29 is 0 Å². The van der Waals surface area contributed by atoms with Crippen molar-refractivity contribution in [3.8, 4) is 0 Å². The normalized spacial score (nSPS) is 16.1. The Bertz CT molecular complexity index is 392. The van der Waals surface area contributed by atoms with Crippen LogP contribution in [-0.2, 0) is 0 Å². The first-order valence-corrected chi connectivity index (χ1v) is 4.78. The molecule has 1 heterocycles. The first-order chi connectivity index (χ1) is 6.75. The maximum Gasteiger partial charge on any atom is 0.122 e. The molecule has 0 amide bonds. The van der Waals surface area contributed by atoms with Gasteiger partial charge in [0.2, 0.25) is 0 Å². The zero-order chi connectivity index (χ0) is 9.97. The summed E-state index contributed by atoms with van der Waals surface area (Å²) in [6.07, 6.45) is 1.62. The molecular weight excluding hydrogens is 198 g/mol. The predicted molar refractivity (Wildman–Crippen MR) is 58.8 cm³/mol. The van der Waals surface area contributed by atoms with Crippen molar-refractivity contribution in [1.82, 2.24) is 0 Å². The van der Waals surface area contributed by atoms with Crippen LogP contribution < -0.4 is 5.73 Å². The van der Waals surface area contributed by atoms with Crippen LogP contribution >= 0.6 is 11.6 Å². The third kappa shape index (κ3) is 1.93. The SMILES string of the molecule is NC1=NN=C(c2ccc(Cl)cc2)CC1. The van der Waals surface area contributed by atoms with Gasteiger partial charge in [-0.05, 0) is 24.1 Å². The van der Waals surface area contributed by atoms with E-state index in [-0.39, 0.29) is 0 Å². The monoisotopic (exact) mass is 207 g/mol. The number of hydrogen-bond acceptors (Lipinski definition) is 3. The number of benzene rings is 1. The van der Waals surface area contributed by atoms with E-state index in [2.05, 4.69) is 10.2 Å². The van der Waals surface area contributed by atoms with Crippen molar-refractivity contribution in [3.05, 3.63) is 34.9 Å². The molecule has 0 radical (unpaired) electrons. The second-order valence-corrected chi connectivity index (χ2v) is 3.58. The van der Waals surface area contributed by atoms with Crippen molar-refractivity contribution in [1.29, 1.82) is 0 Å². The Morgan fingerprint density at radius 2 is 1.79 bits per heavy atom. The second kappa shape index (κ2) is 3.80. The van der Waals surface area contributed by atoms with Crippen LogP contribution in [-0.4, -0.2) is 11.5 Å². The van der Waals surface area contributed by atoms with E-state index in [1.165, 1.54) is 0 Å². The van der Waals surface area contributed by atoms with Gasteiger partial charge in [0.15, 0.2) is 0 Å². The Morgan fingerprint density at radius 3 is 2.36 bits per heavy atom. The third-order valence-corrected chi connectivity index (χ3v) is 2.35. The molecule has 0 saturated heterocycles. The summed E-state index contributed by atoms with van der Waals surface area (Å²) in [4.78, 5) is 0. The highest BCUT2D eigenvalue weighted by Gasteiger charge is 2.08. The Labute approximate surface area is 87.3 Å². The van der Waals surface area contributed by atoms with Crippen LogP contribution in [0.4, 0.5) is 0 Å². The Morgan fingerprint density at radius 1 is 1.07 bits per heavy atom. The minimum absolute atomic E-state index is 0.600. The zero-order valence-electron chi connectivity index (χ0n) is 7.57. The van der Waals surface area contributed by atoms with Gasteiger partial charge in [0, 0.05) is 11.4 Å². The lowest BCUT2D eigenvalue weighted by molar-refractivity contribution is 1.02. The zero-order valence-corrected chi connectivity index (χ0v) is 8.33. The van der Waals surface area contributed by atoms with Gasteiger partial charge in [-0.15, -0.1) is 5.10 Å². The summed E-state index contributed by atoms with van der Waals surface area (Å²) in [6.45, 7) is 0. The third-order valence-electron chi connectivity index (χ3n) is 2.09. The van der Waals surface area contributed by atoms with E-state index in [0.717, 1.165) is 29.1 Å². The quantitative estimate of drug-likeness (QED) is 0.754. The first kappa shape index (κ1) is 9.21. The van der Waals surface area contributed by atoms with E-state index in [0.29, 0.717) is 5.84 Å². The molecule has 14 heavy (non-hydrogen) atoms. The fraction of sp³-hybridized carbons (Fsp3) is 0.200. The summed E-state index contributed by atoms with van der Waals surface area (Å²) in [5.41, 5.74) is 7.55. The Hall–Kier alpha value is -1.35. The molecule has 1 aromatic carbocycles. The van der Waals surface area contributed by atoms with E-state index < -0.39 is 0 Å². The largest absolute Gasteiger partial charge is 0.386 e. The molecule has 0 unspecified atom stereocenters. The lowest BCUT2D eigenvalue weighted by atomic mass is 10.1. The summed E-state index contributed by atoms with van der Waals surface area (Å²) >= 11 is 5.79. The van der Waals surface area contributed by atoms with Crippen LogP contribution in [0.25, 0.3) is 0 Å². The van der Waals surface area contributed by atoms with Gasteiger partial charge in [0.05, 0.1) is 5.71 Å². The van der Waals surface area contributed by atoms with Crippen molar-refractivity contribution in [2.75, 3.05) is 0 Å². The van der Waals surface area contributed by atoms with Gasteiger partial charge in [-0.2, -0.15) is 5.10 Å². The van der Waals surface area contributed by atoms with Gasteiger partial charge in [-0.25, -0.2) is 0 Å². The van der Waals surface area contributed by atoms with Gasteiger partial charge < -0.3 is 5.73 Å². The van der Waals surface area contributed by atoms with E-state index in [1.54, 1.807) is 0 Å². The minimum atomic E-state index is 0.600. The first-order valence-electron chi connectivity index (χ1n) is 4.40. The molecule has 0 atom stereocenters. The van der Waals surface area contributed by atoms with Crippen LogP contribution in [0.3, 0.4) is 0 Å². The van der Waals surface area contributed by atoms with E-state index in [1.807, 2.05) is 24.3 Å². The summed E-state index contributed by atoms with van der Waals surface area (Å²) in [7, 11) is 0. The topological polar surface area (TPSA) is 50.7 Å². The molecule has 1 aromatic rings. The number of nitrogens with two attached hydrogens (primary N) is 1. The molecule has 3 nitrogen and oxygen atoms in total. The lowest BCUT2D eigenvalue weighted by Crippen LogP contribution is -2.17. The van der Waals surface area contributed by atoms with Gasteiger partial charge in [-0.3, -0.25) is 0 Å².